The van der Waals surface area contributed by atoms with Gasteiger partial charge in [-0.3, -0.25) is 4.99 Å². The van der Waals surface area contributed by atoms with Crippen molar-refractivity contribution < 1.29 is 20.1 Å². The average molecular weight is 365 g/mol. The Bertz CT molecular complexity index is 736. The van der Waals surface area contributed by atoms with Gasteiger partial charge in [0.15, 0.2) is 17.7 Å². The molecule has 10 heteroatoms. The molecule has 1 saturated heterocycles. The lowest BCUT2D eigenvalue weighted by Gasteiger charge is -2.32. The van der Waals surface area contributed by atoms with E-state index in [0.717, 1.165) is 5.56 Å². The molecule has 0 bridgehead atoms. The molecule has 1 fully saturated rings. The van der Waals surface area contributed by atoms with Crippen LogP contribution in [0.25, 0.3) is 0 Å². The second-order valence-corrected chi connectivity index (χ2v) is 7.06. The lowest BCUT2D eigenvalue weighted by molar-refractivity contribution is -0.0688. The van der Waals surface area contributed by atoms with Crippen molar-refractivity contribution in [2.24, 2.45) is 20.7 Å². The minimum absolute atomic E-state index is 0.187. The SMILES string of the molecule is NC1(Cc2ccsc2)N=CN=C2C1=NCN2[C@@H]1O[C@H](CO)[C@@H](O)[C@H]1O. The minimum atomic E-state index is -1.18. The summed E-state index contributed by atoms with van der Waals surface area (Å²) in [4.78, 5) is 14.7. The summed E-state index contributed by atoms with van der Waals surface area (Å²) < 4.78 is 5.58. The Balaban J connectivity index is 1.57. The molecule has 4 rings (SSSR count). The van der Waals surface area contributed by atoms with Crippen LogP contribution < -0.4 is 5.73 Å². The summed E-state index contributed by atoms with van der Waals surface area (Å²) in [6, 6.07) is 1.99. The van der Waals surface area contributed by atoms with Crippen LogP contribution in [0.5, 0.6) is 0 Å². The molecule has 0 aliphatic carbocycles. The molecule has 25 heavy (non-hydrogen) atoms. The van der Waals surface area contributed by atoms with Crippen molar-refractivity contribution >= 4 is 29.2 Å². The lowest BCUT2D eigenvalue weighted by atomic mass is 9.96. The minimum Gasteiger partial charge on any atom is -0.394 e. The number of nitrogens with zero attached hydrogens (tertiary/aromatic N) is 4. The summed E-state index contributed by atoms with van der Waals surface area (Å²) in [6.45, 7) is -0.199. The van der Waals surface area contributed by atoms with Crippen LogP contribution >= 0.6 is 11.3 Å². The first-order valence-electron chi connectivity index (χ1n) is 7.89. The Labute approximate surface area is 147 Å². The molecular weight excluding hydrogens is 346 g/mol. The number of fused-ring (bicyclic) bond motifs is 1. The molecule has 0 spiro atoms. The maximum absolute atomic E-state index is 10.2. The first kappa shape index (κ1) is 16.8. The molecular formula is C15H19N5O4S. The second kappa shape index (κ2) is 6.24. The molecule has 0 aromatic carbocycles. The van der Waals surface area contributed by atoms with Crippen LogP contribution in [0.3, 0.4) is 0 Å². The van der Waals surface area contributed by atoms with Crippen molar-refractivity contribution in [3.63, 3.8) is 0 Å². The van der Waals surface area contributed by atoms with Crippen molar-refractivity contribution in [3.05, 3.63) is 22.4 Å². The first-order chi connectivity index (χ1) is 12.0. The molecule has 1 aromatic heterocycles. The Morgan fingerprint density at radius 3 is 2.92 bits per heavy atom. The summed E-state index contributed by atoms with van der Waals surface area (Å²) in [5, 5.41) is 33.5. The summed E-state index contributed by atoms with van der Waals surface area (Å²) in [5.41, 5.74) is 7.03. The number of ether oxygens (including phenoxy) is 1. The summed E-state index contributed by atoms with van der Waals surface area (Å²) in [5.74, 6) is 0.475. The van der Waals surface area contributed by atoms with Crippen molar-refractivity contribution in [1.82, 2.24) is 4.90 Å². The number of hydrogen-bond donors (Lipinski definition) is 4. The van der Waals surface area contributed by atoms with Crippen LogP contribution in [-0.2, 0) is 11.2 Å². The third kappa shape index (κ3) is 2.71. The Morgan fingerprint density at radius 2 is 2.24 bits per heavy atom. The number of hydrogen-bond acceptors (Lipinski definition) is 10. The van der Waals surface area contributed by atoms with Crippen LogP contribution in [0.2, 0.25) is 0 Å². The standard InChI is InChI=1S/C15H19N5O4S/c16-15(3-8-1-2-25-5-8)12-13(17-6-19-15)20(7-18-12)14-11(23)10(22)9(4-21)24-14/h1-2,5-6,9-11,14,21-23H,3-4,7,16H2/t9-,10-,11-,14-,15?/m1/s1. The van der Waals surface area contributed by atoms with E-state index in [1.807, 2.05) is 16.8 Å². The molecule has 134 valence electrons. The lowest BCUT2D eigenvalue weighted by Crippen LogP contribution is -2.56. The molecule has 5 atom stereocenters. The van der Waals surface area contributed by atoms with Gasteiger partial charge in [0.1, 0.15) is 37.0 Å². The van der Waals surface area contributed by atoms with E-state index in [1.165, 1.54) is 6.34 Å². The van der Waals surface area contributed by atoms with Gasteiger partial charge in [-0.15, -0.1) is 0 Å². The van der Waals surface area contributed by atoms with Crippen molar-refractivity contribution in [1.29, 1.82) is 0 Å². The fourth-order valence-corrected chi connectivity index (χ4v) is 3.98. The highest BCUT2D eigenvalue weighted by Crippen LogP contribution is 2.30. The largest absolute Gasteiger partial charge is 0.394 e. The van der Waals surface area contributed by atoms with E-state index in [0.29, 0.717) is 18.0 Å². The smallest absolute Gasteiger partial charge is 0.162 e. The van der Waals surface area contributed by atoms with Gasteiger partial charge in [0.2, 0.25) is 0 Å². The fourth-order valence-electron chi connectivity index (χ4n) is 3.31. The van der Waals surface area contributed by atoms with E-state index >= 15 is 0 Å². The third-order valence-electron chi connectivity index (χ3n) is 4.62. The highest BCUT2D eigenvalue weighted by atomic mass is 32.1. The van der Waals surface area contributed by atoms with Gasteiger partial charge in [0.25, 0.3) is 0 Å². The highest BCUT2D eigenvalue weighted by Gasteiger charge is 2.50. The molecule has 0 saturated carbocycles. The zero-order valence-electron chi connectivity index (χ0n) is 13.3. The van der Waals surface area contributed by atoms with Gasteiger partial charge >= 0.3 is 0 Å². The molecule has 1 aromatic rings. The molecule has 5 N–H and O–H groups in total. The second-order valence-electron chi connectivity index (χ2n) is 6.28. The molecule has 3 aliphatic rings. The summed E-state index contributed by atoms with van der Waals surface area (Å²) in [6.07, 6.45) is -2.20. The first-order valence-corrected chi connectivity index (χ1v) is 8.83. The van der Waals surface area contributed by atoms with Crippen LogP contribution in [-0.4, -0.2) is 81.6 Å². The number of amidine groups is 1. The van der Waals surface area contributed by atoms with E-state index in [9.17, 15) is 15.3 Å². The highest BCUT2D eigenvalue weighted by molar-refractivity contribution is 7.07. The quantitative estimate of drug-likeness (QED) is 0.515. The van der Waals surface area contributed by atoms with Crippen LogP contribution in [0, 0.1) is 0 Å². The Morgan fingerprint density at radius 1 is 1.40 bits per heavy atom. The zero-order chi connectivity index (χ0) is 17.6. The maximum atomic E-state index is 10.2. The molecule has 9 nitrogen and oxygen atoms in total. The number of aliphatic hydroxyl groups excluding tert-OH is 3. The van der Waals surface area contributed by atoms with E-state index in [1.54, 1.807) is 16.2 Å². The van der Waals surface area contributed by atoms with Gasteiger partial charge in [-0.25, -0.2) is 9.98 Å². The van der Waals surface area contributed by atoms with Gasteiger partial charge < -0.3 is 30.7 Å². The summed E-state index contributed by atoms with van der Waals surface area (Å²) in [7, 11) is 0. The average Bonchev–Trinajstić information content (AvgIpc) is 3.30. The van der Waals surface area contributed by atoms with E-state index < -0.39 is 30.2 Å². The number of aliphatic imine (C=N–C) groups is 3. The van der Waals surface area contributed by atoms with Gasteiger partial charge in [0.05, 0.1) is 6.61 Å². The van der Waals surface area contributed by atoms with Crippen LogP contribution in [0.15, 0.2) is 31.8 Å². The van der Waals surface area contributed by atoms with Crippen LogP contribution in [0.1, 0.15) is 5.56 Å². The van der Waals surface area contributed by atoms with Crippen molar-refractivity contribution in [2.75, 3.05) is 13.3 Å². The molecule has 0 amide bonds. The Kier molecular flexibility index (Phi) is 4.18. The third-order valence-corrected chi connectivity index (χ3v) is 5.35. The fraction of sp³-hybridized carbons (Fsp3) is 0.533. The summed E-state index contributed by atoms with van der Waals surface area (Å²) >= 11 is 1.58. The van der Waals surface area contributed by atoms with Crippen molar-refractivity contribution in [3.8, 4) is 0 Å². The molecule has 4 heterocycles. The predicted molar refractivity (Wildman–Crippen MR) is 92.8 cm³/mol. The van der Waals surface area contributed by atoms with Crippen LogP contribution in [0.4, 0.5) is 0 Å². The van der Waals surface area contributed by atoms with Crippen molar-refractivity contribution in [2.45, 2.75) is 36.6 Å². The van der Waals surface area contributed by atoms with Gasteiger partial charge in [-0.1, -0.05) is 0 Å². The van der Waals surface area contributed by atoms with Gasteiger partial charge in [-0.05, 0) is 22.4 Å². The zero-order valence-corrected chi connectivity index (χ0v) is 14.1. The van der Waals surface area contributed by atoms with E-state index in [-0.39, 0.29) is 13.3 Å². The molecule has 0 radical (unpaired) electrons. The normalized spacial score (nSPS) is 37.2. The molecule has 3 aliphatic heterocycles. The monoisotopic (exact) mass is 365 g/mol. The van der Waals surface area contributed by atoms with E-state index in [2.05, 4.69) is 15.0 Å². The predicted octanol–water partition coefficient (Wildman–Crippen LogP) is -1.46. The number of aliphatic hydroxyl groups is 3. The number of rotatable bonds is 4. The maximum Gasteiger partial charge on any atom is 0.162 e. The Hall–Kier alpha value is -1.69. The van der Waals surface area contributed by atoms with E-state index in [4.69, 9.17) is 10.5 Å². The number of thiophene rings is 1. The number of nitrogens with two attached hydrogens (primary N) is 1. The van der Waals surface area contributed by atoms with Gasteiger partial charge in [0, 0.05) is 6.42 Å². The van der Waals surface area contributed by atoms with Gasteiger partial charge in [-0.2, -0.15) is 11.3 Å². The molecule has 1 unspecified atom stereocenters. The topological polar surface area (TPSA) is 136 Å².